The molecular formula is C16H24ClN3O3. The molecule has 0 radical (unpaired) electrons. The summed E-state index contributed by atoms with van der Waals surface area (Å²) in [6.07, 6.45) is 1.08. The monoisotopic (exact) mass is 341 g/mol. The van der Waals surface area contributed by atoms with Crippen molar-refractivity contribution in [3.05, 3.63) is 35.4 Å². The number of rotatable bonds is 6. The Morgan fingerprint density at radius 3 is 2.43 bits per heavy atom. The lowest BCUT2D eigenvalue weighted by Gasteiger charge is -2.13. The van der Waals surface area contributed by atoms with Gasteiger partial charge in [0.1, 0.15) is 6.10 Å². The first-order valence-corrected chi connectivity index (χ1v) is 7.58. The third-order valence-electron chi connectivity index (χ3n) is 3.69. The Hall–Kier alpha value is -1.63. The minimum Gasteiger partial charge on any atom is -0.364 e. The smallest absolute Gasteiger partial charge is 0.251 e. The van der Waals surface area contributed by atoms with Gasteiger partial charge in [-0.3, -0.25) is 9.59 Å². The summed E-state index contributed by atoms with van der Waals surface area (Å²) >= 11 is 0. The number of nitrogens with one attached hydrogen (secondary N) is 2. The van der Waals surface area contributed by atoms with Crippen LogP contribution in [0.15, 0.2) is 24.3 Å². The highest BCUT2D eigenvalue weighted by Gasteiger charge is 2.29. The average molecular weight is 342 g/mol. The predicted octanol–water partition coefficient (Wildman–Crippen LogP) is 0.769. The summed E-state index contributed by atoms with van der Waals surface area (Å²) in [7, 11) is 0. The highest BCUT2D eigenvalue weighted by molar-refractivity contribution is 5.94. The summed E-state index contributed by atoms with van der Waals surface area (Å²) in [6, 6.07) is 7.34. The largest absolute Gasteiger partial charge is 0.364 e. The van der Waals surface area contributed by atoms with Crippen molar-refractivity contribution in [3.8, 4) is 0 Å². The van der Waals surface area contributed by atoms with Crippen LogP contribution in [0.5, 0.6) is 0 Å². The van der Waals surface area contributed by atoms with Crippen LogP contribution >= 0.6 is 12.4 Å². The first-order valence-electron chi connectivity index (χ1n) is 7.58. The van der Waals surface area contributed by atoms with E-state index in [1.807, 2.05) is 19.1 Å². The maximum Gasteiger partial charge on any atom is 0.251 e. The maximum absolute atomic E-state index is 11.9. The number of carbonyl (C=O) groups excluding carboxylic acids is 2. The molecule has 6 nitrogen and oxygen atoms in total. The van der Waals surface area contributed by atoms with Crippen molar-refractivity contribution in [2.45, 2.75) is 32.0 Å². The van der Waals surface area contributed by atoms with E-state index in [1.54, 1.807) is 12.1 Å². The summed E-state index contributed by atoms with van der Waals surface area (Å²) in [6.45, 7) is 3.17. The molecule has 128 valence electrons. The third kappa shape index (κ3) is 5.82. The van der Waals surface area contributed by atoms with Crippen LogP contribution in [0, 0.1) is 6.92 Å². The lowest BCUT2D eigenvalue weighted by Crippen LogP contribution is -2.40. The maximum atomic E-state index is 11.9. The summed E-state index contributed by atoms with van der Waals surface area (Å²) in [4.78, 5) is 23.7. The standard InChI is InChI=1S/C16H23N3O3.ClH/c1-11-2-4-12(5-3-11)15(20)18-8-9-19-16(21)14-7-6-13(10-17)22-14;/h2-5,13-14H,6-10,17H2,1H3,(H,18,20)(H,19,21);1H/t13-,14+;/m1./s1. The second-order valence-electron chi connectivity index (χ2n) is 5.47. The second-order valence-corrected chi connectivity index (χ2v) is 5.47. The van der Waals surface area contributed by atoms with E-state index < -0.39 is 6.10 Å². The molecule has 0 spiro atoms. The lowest BCUT2D eigenvalue weighted by molar-refractivity contribution is -0.131. The van der Waals surface area contributed by atoms with Crippen LogP contribution < -0.4 is 16.4 Å². The Bertz CT molecular complexity index is 522. The van der Waals surface area contributed by atoms with Crippen LogP contribution in [-0.4, -0.2) is 43.7 Å². The van der Waals surface area contributed by atoms with E-state index in [4.69, 9.17) is 10.5 Å². The lowest BCUT2D eigenvalue weighted by atomic mass is 10.1. The van der Waals surface area contributed by atoms with Crippen LogP contribution in [-0.2, 0) is 9.53 Å². The zero-order valence-electron chi connectivity index (χ0n) is 13.2. The summed E-state index contributed by atoms with van der Waals surface area (Å²) < 4.78 is 5.51. The number of halogens is 1. The molecule has 23 heavy (non-hydrogen) atoms. The van der Waals surface area contributed by atoms with Gasteiger partial charge in [0.2, 0.25) is 5.91 Å². The quantitative estimate of drug-likeness (QED) is 0.666. The van der Waals surface area contributed by atoms with Crippen molar-refractivity contribution in [1.82, 2.24) is 10.6 Å². The number of nitrogens with two attached hydrogens (primary N) is 1. The fourth-order valence-corrected chi connectivity index (χ4v) is 2.35. The van der Waals surface area contributed by atoms with Gasteiger partial charge in [0.05, 0.1) is 6.10 Å². The molecule has 1 aromatic rings. The SMILES string of the molecule is Cc1ccc(C(=O)NCCNC(=O)[C@@H]2CC[C@H](CN)O2)cc1.Cl. The Labute approximate surface area is 142 Å². The summed E-state index contributed by atoms with van der Waals surface area (Å²) in [5.41, 5.74) is 7.23. The molecule has 2 rings (SSSR count). The predicted molar refractivity (Wildman–Crippen MR) is 90.7 cm³/mol. The van der Waals surface area contributed by atoms with Gasteiger partial charge in [-0.25, -0.2) is 0 Å². The second kappa shape index (κ2) is 9.50. The van der Waals surface area contributed by atoms with Gasteiger partial charge in [-0.1, -0.05) is 17.7 Å². The van der Waals surface area contributed by atoms with E-state index in [9.17, 15) is 9.59 Å². The van der Waals surface area contributed by atoms with Gasteiger partial charge in [-0.05, 0) is 31.9 Å². The minimum absolute atomic E-state index is 0. The number of benzene rings is 1. The molecule has 0 bridgehead atoms. The van der Waals surface area contributed by atoms with E-state index in [1.165, 1.54) is 0 Å². The molecule has 1 aliphatic heterocycles. The van der Waals surface area contributed by atoms with Gasteiger partial charge in [-0.2, -0.15) is 0 Å². The fourth-order valence-electron chi connectivity index (χ4n) is 2.35. The van der Waals surface area contributed by atoms with E-state index in [0.29, 0.717) is 31.6 Å². The van der Waals surface area contributed by atoms with Crippen LogP contribution in [0.3, 0.4) is 0 Å². The van der Waals surface area contributed by atoms with Crippen LogP contribution in [0.1, 0.15) is 28.8 Å². The van der Waals surface area contributed by atoms with E-state index in [0.717, 1.165) is 12.0 Å². The number of hydrogen-bond donors (Lipinski definition) is 3. The molecule has 7 heteroatoms. The van der Waals surface area contributed by atoms with Crippen molar-refractivity contribution >= 4 is 24.2 Å². The van der Waals surface area contributed by atoms with Gasteiger partial charge in [0.25, 0.3) is 5.91 Å². The van der Waals surface area contributed by atoms with Crippen molar-refractivity contribution in [1.29, 1.82) is 0 Å². The highest BCUT2D eigenvalue weighted by atomic mass is 35.5. The molecular weight excluding hydrogens is 318 g/mol. The molecule has 2 atom stereocenters. The number of aryl methyl sites for hydroxylation is 1. The molecule has 4 N–H and O–H groups in total. The Morgan fingerprint density at radius 2 is 1.83 bits per heavy atom. The Morgan fingerprint density at radius 1 is 1.17 bits per heavy atom. The molecule has 1 saturated heterocycles. The van der Waals surface area contributed by atoms with Crippen LogP contribution in [0.2, 0.25) is 0 Å². The Balaban J connectivity index is 0.00000264. The first kappa shape index (κ1) is 19.4. The summed E-state index contributed by atoms with van der Waals surface area (Å²) in [5, 5.41) is 5.54. The number of hydrogen-bond acceptors (Lipinski definition) is 4. The van der Waals surface area contributed by atoms with Gasteiger partial charge >= 0.3 is 0 Å². The summed E-state index contributed by atoms with van der Waals surface area (Å²) in [5.74, 6) is -0.282. The van der Waals surface area contributed by atoms with Gasteiger partial charge in [0, 0.05) is 25.2 Å². The molecule has 0 unspecified atom stereocenters. The van der Waals surface area contributed by atoms with Gasteiger partial charge in [0.15, 0.2) is 0 Å². The number of ether oxygens (including phenoxy) is 1. The number of carbonyl (C=O) groups is 2. The van der Waals surface area contributed by atoms with Crippen molar-refractivity contribution in [2.75, 3.05) is 19.6 Å². The average Bonchev–Trinajstić information content (AvgIpc) is 3.01. The number of amides is 2. The molecule has 1 fully saturated rings. The van der Waals surface area contributed by atoms with Crippen LogP contribution in [0.25, 0.3) is 0 Å². The van der Waals surface area contributed by atoms with Gasteiger partial charge < -0.3 is 21.1 Å². The highest BCUT2D eigenvalue weighted by Crippen LogP contribution is 2.18. The van der Waals surface area contributed by atoms with Crippen LogP contribution in [0.4, 0.5) is 0 Å². The Kier molecular flexibility index (Phi) is 8.02. The zero-order chi connectivity index (χ0) is 15.9. The zero-order valence-corrected chi connectivity index (χ0v) is 14.0. The third-order valence-corrected chi connectivity index (χ3v) is 3.69. The topological polar surface area (TPSA) is 93.5 Å². The molecule has 1 heterocycles. The van der Waals surface area contributed by atoms with E-state index in [-0.39, 0.29) is 30.3 Å². The molecule has 0 saturated carbocycles. The molecule has 1 aromatic carbocycles. The fraction of sp³-hybridized carbons (Fsp3) is 0.500. The van der Waals surface area contributed by atoms with Crippen molar-refractivity contribution in [3.63, 3.8) is 0 Å². The van der Waals surface area contributed by atoms with E-state index >= 15 is 0 Å². The van der Waals surface area contributed by atoms with Gasteiger partial charge in [-0.15, -0.1) is 12.4 Å². The first-order chi connectivity index (χ1) is 10.6. The minimum atomic E-state index is -0.415. The molecule has 0 aromatic heterocycles. The van der Waals surface area contributed by atoms with E-state index in [2.05, 4.69) is 10.6 Å². The normalized spacial score (nSPS) is 19.7. The molecule has 0 aliphatic carbocycles. The molecule has 2 amide bonds. The van der Waals surface area contributed by atoms with Crippen molar-refractivity contribution < 1.29 is 14.3 Å². The molecule has 1 aliphatic rings. The van der Waals surface area contributed by atoms with Crippen molar-refractivity contribution in [2.24, 2.45) is 5.73 Å².